The average Bonchev–Trinajstić information content (AvgIpc) is 2.30. The molecule has 0 fully saturated rings. The van der Waals surface area contributed by atoms with Crippen molar-refractivity contribution < 1.29 is 4.79 Å². The summed E-state index contributed by atoms with van der Waals surface area (Å²) >= 11 is 0. The molecule has 0 radical (unpaired) electrons. The molecular weight excluding hydrogens is 214 g/mol. The third kappa shape index (κ3) is 4.95. The van der Waals surface area contributed by atoms with Crippen molar-refractivity contribution in [3.05, 3.63) is 30.1 Å². The topological polar surface area (TPSA) is 68.0 Å². The summed E-state index contributed by atoms with van der Waals surface area (Å²) < 4.78 is 0. The molecule has 1 heterocycles. The van der Waals surface area contributed by atoms with Crippen molar-refractivity contribution in [1.82, 2.24) is 10.3 Å². The van der Waals surface area contributed by atoms with Crippen molar-refractivity contribution in [3.8, 4) is 0 Å². The van der Waals surface area contributed by atoms with Crippen molar-refractivity contribution in [2.75, 3.05) is 0 Å². The van der Waals surface area contributed by atoms with Crippen molar-refractivity contribution in [2.24, 2.45) is 5.73 Å². The molecule has 1 amide bonds. The highest BCUT2D eigenvalue weighted by atomic mass is 16.1. The molecule has 0 bridgehead atoms. The molecule has 0 saturated carbocycles. The molecule has 3 N–H and O–H groups in total. The molecule has 0 saturated heterocycles. The zero-order chi connectivity index (χ0) is 12.7. The molecule has 0 aliphatic carbocycles. The van der Waals surface area contributed by atoms with E-state index in [1.807, 2.05) is 19.1 Å². The summed E-state index contributed by atoms with van der Waals surface area (Å²) in [5.41, 5.74) is 6.83. The van der Waals surface area contributed by atoms with E-state index in [-0.39, 0.29) is 18.0 Å². The number of rotatable bonds is 6. The van der Waals surface area contributed by atoms with Crippen LogP contribution < -0.4 is 11.1 Å². The molecule has 0 spiro atoms. The molecule has 0 aromatic carbocycles. The van der Waals surface area contributed by atoms with Crippen molar-refractivity contribution in [1.29, 1.82) is 0 Å². The first-order chi connectivity index (χ1) is 8.13. The highest BCUT2D eigenvalue weighted by Gasteiger charge is 2.12. The zero-order valence-corrected chi connectivity index (χ0v) is 10.5. The molecule has 1 aromatic rings. The molecular formula is C13H21N3O. The third-order valence-corrected chi connectivity index (χ3v) is 2.67. The van der Waals surface area contributed by atoms with Gasteiger partial charge in [-0.3, -0.25) is 9.78 Å². The number of pyridine rings is 1. The maximum atomic E-state index is 11.7. The summed E-state index contributed by atoms with van der Waals surface area (Å²) in [5, 5.41) is 2.93. The smallest absolute Gasteiger partial charge is 0.222 e. The van der Waals surface area contributed by atoms with Crippen LogP contribution in [0.5, 0.6) is 0 Å². The Morgan fingerprint density at radius 1 is 1.59 bits per heavy atom. The monoisotopic (exact) mass is 235 g/mol. The fraction of sp³-hybridized carbons (Fsp3) is 0.538. The lowest BCUT2D eigenvalue weighted by molar-refractivity contribution is -0.122. The largest absolute Gasteiger partial charge is 0.349 e. The molecule has 0 aliphatic rings. The summed E-state index contributed by atoms with van der Waals surface area (Å²) in [4.78, 5) is 15.7. The summed E-state index contributed by atoms with van der Waals surface area (Å²) in [6.45, 7) is 4.01. The molecule has 94 valence electrons. The van der Waals surface area contributed by atoms with Crippen LogP contribution in [0.25, 0.3) is 0 Å². The van der Waals surface area contributed by atoms with E-state index in [1.54, 1.807) is 12.4 Å². The van der Waals surface area contributed by atoms with E-state index in [1.165, 1.54) is 0 Å². The molecule has 4 heteroatoms. The molecule has 4 nitrogen and oxygen atoms in total. The number of nitrogens with one attached hydrogen (secondary N) is 1. The highest BCUT2D eigenvalue weighted by molar-refractivity contribution is 5.77. The van der Waals surface area contributed by atoms with Crippen LogP contribution in [0.15, 0.2) is 24.5 Å². The van der Waals surface area contributed by atoms with Gasteiger partial charge in [-0.2, -0.15) is 0 Å². The Morgan fingerprint density at radius 2 is 2.35 bits per heavy atom. The van der Waals surface area contributed by atoms with Gasteiger partial charge in [-0.05, 0) is 25.0 Å². The zero-order valence-electron chi connectivity index (χ0n) is 10.5. The highest BCUT2D eigenvalue weighted by Crippen LogP contribution is 2.10. The van der Waals surface area contributed by atoms with Gasteiger partial charge in [-0.15, -0.1) is 0 Å². The van der Waals surface area contributed by atoms with Gasteiger partial charge in [-0.25, -0.2) is 0 Å². The van der Waals surface area contributed by atoms with Crippen LogP contribution in [0.3, 0.4) is 0 Å². The number of nitrogens with two attached hydrogens (primary N) is 1. The van der Waals surface area contributed by atoms with Gasteiger partial charge in [-0.1, -0.05) is 19.4 Å². The second kappa shape index (κ2) is 7.01. The van der Waals surface area contributed by atoms with Crippen LogP contribution in [0.2, 0.25) is 0 Å². The molecule has 17 heavy (non-hydrogen) atoms. The van der Waals surface area contributed by atoms with Crippen molar-refractivity contribution in [2.45, 2.75) is 45.2 Å². The Kier molecular flexibility index (Phi) is 5.63. The predicted molar refractivity (Wildman–Crippen MR) is 68.3 cm³/mol. The number of aromatic nitrogens is 1. The van der Waals surface area contributed by atoms with Gasteiger partial charge >= 0.3 is 0 Å². The predicted octanol–water partition coefficient (Wildman–Crippen LogP) is 1.78. The summed E-state index contributed by atoms with van der Waals surface area (Å²) in [6.07, 6.45) is 5.76. The summed E-state index contributed by atoms with van der Waals surface area (Å²) in [6, 6.07) is 3.75. The first kappa shape index (κ1) is 13.6. The average molecular weight is 235 g/mol. The second-order valence-electron chi connectivity index (χ2n) is 4.33. The third-order valence-electron chi connectivity index (χ3n) is 2.67. The normalized spacial score (nSPS) is 14.1. The molecule has 2 atom stereocenters. The quantitative estimate of drug-likeness (QED) is 0.789. The van der Waals surface area contributed by atoms with Gasteiger partial charge in [0, 0.05) is 24.9 Å². The molecule has 2 unspecified atom stereocenters. The van der Waals surface area contributed by atoms with Gasteiger partial charge in [0.15, 0.2) is 0 Å². The van der Waals surface area contributed by atoms with Gasteiger partial charge in [0.25, 0.3) is 0 Å². The summed E-state index contributed by atoms with van der Waals surface area (Å²) in [5.74, 6) is 0.00213. The molecule has 0 aliphatic heterocycles. The number of nitrogens with zero attached hydrogens (tertiary/aromatic N) is 1. The number of amides is 1. The number of carbonyl (C=O) groups excluding carboxylic acids is 1. The van der Waals surface area contributed by atoms with Crippen molar-refractivity contribution in [3.63, 3.8) is 0 Å². The van der Waals surface area contributed by atoms with Gasteiger partial charge in [0.2, 0.25) is 5.91 Å². The maximum absolute atomic E-state index is 11.7. The lowest BCUT2D eigenvalue weighted by Gasteiger charge is -2.16. The van der Waals surface area contributed by atoms with E-state index in [0.29, 0.717) is 6.42 Å². The second-order valence-corrected chi connectivity index (χ2v) is 4.33. The fourth-order valence-electron chi connectivity index (χ4n) is 1.73. The van der Waals surface area contributed by atoms with E-state index < -0.39 is 0 Å². The van der Waals surface area contributed by atoms with Crippen LogP contribution in [0, 0.1) is 0 Å². The van der Waals surface area contributed by atoms with E-state index in [2.05, 4.69) is 17.2 Å². The Morgan fingerprint density at radius 3 is 2.94 bits per heavy atom. The van der Waals surface area contributed by atoms with E-state index in [4.69, 9.17) is 5.73 Å². The first-order valence-corrected chi connectivity index (χ1v) is 6.08. The van der Waals surface area contributed by atoms with E-state index in [0.717, 1.165) is 18.4 Å². The minimum Gasteiger partial charge on any atom is -0.349 e. The number of hydrogen-bond acceptors (Lipinski definition) is 3. The Balaban J connectivity index is 2.41. The Labute approximate surface area is 103 Å². The lowest BCUT2D eigenvalue weighted by Crippen LogP contribution is -2.33. The molecule has 1 rings (SSSR count). The molecule has 1 aromatic heterocycles. The van der Waals surface area contributed by atoms with Crippen LogP contribution in [-0.4, -0.2) is 16.9 Å². The van der Waals surface area contributed by atoms with E-state index >= 15 is 0 Å². The minimum atomic E-state index is -0.0406. The standard InChI is InChI=1S/C13H21N3O/c1-3-5-12(14)8-13(17)16-10(2)11-6-4-7-15-9-11/h4,6-7,9-10,12H,3,5,8,14H2,1-2H3,(H,16,17). The maximum Gasteiger partial charge on any atom is 0.222 e. The number of carbonyl (C=O) groups is 1. The summed E-state index contributed by atoms with van der Waals surface area (Å²) in [7, 11) is 0. The van der Waals surface area contributed by atoms with Crippen LogP contribution >= 0.6 is 0 Å². The SMILES string of the molecule is CCCC(N)CC(=O)NC(C)c1cccnc1. The van der Waals surface area contributed by atoms with Gasteiger partial charge in [0.05, 0.1) is 6.04 Å². The van der Waals surface area contributed by atoms with Crippen LogP contribution in [0.1, 0.15) is 44.7 Å². The Bertz CT molecular complexity index is 340. The number of hydrogen-bond donors (Lipinski definition) is 2. The Hall–Kier alpha value is -1.42. The fourth-order valence-corrected chi connectivity index (χ4v) is 1.73. The van der Waals surface area contributed by atoms with Crippen molar-refractivity contribution >= 4 is 5.91 Å². The van der Waals surface area contributed by atoms with Crippen LogP contribution in [0.4, 0.5) is 0 Å². The van der Waals surface area contributed by atoms with E-state index in [9.17, 15) is 4.79 Å². The first-order valence-electron chi connectivity index (χ1n) is 6.08. The lowest BCUT2D eigenvalue weighted by atomic mass is 10.1. The van der Waals surface area contributed by atoms with Gasteiger partial charge in [0.1, 0.15) is 0 Å². The van der Waals surface area contributed by atoms with Crippen LogP contribution in [-0.2, 0) is 4.79 Å². The minimum absolute atomic E-state index is 0.00213. The van der Waals surface area contributed by atoms with Gasteiger partial charge < -0.3 is 11.1 Å².